The summed E-state index contributed by atoms with van der Waals surface area (Å²) >= 11 is 0. The number of nitrogens with zero attached hydrogens (tertiary/aromatic N) is 1. The number of hydrazone groups is 1. The highest BCUT2D eigenvalue weighted by Crippen LogP contribution is 2.08. The molecule has 1 aromatic heterocycles. The van der Waals surface area contributed by atoms with Crippen molar-refractivity contribution in [2.45, 2.75) is 58.3 Å². The van der Waals surface area contributed by atoms with E-state index in [0.29, 0.717) is 12.2 Å². The van der Waals surface area contributed by atoms with Gasteiger partial charge in [-0.2, -0.15) is 5.10 Å². The van der Waals surface area contributed by atoms with Gasteiger partial charge in [0, 0.05) is 6.42 Å². The Hall–Kier alpha value is -1.58. The molecule has 4 nitrogen and oxygen atoms in total. The molecule has 0 saturated heterocycles. The van der Waals surface area contributed by atoms with E-state index in [9.17, 15) is 4.79 Å². The summed E-state index contributed by atoms with van der Waals surface area (Å²) < 4.78 is 5.06. The average molecular weight is 264 g/mol. The maximum atomic E-state index is 11.5. The lowest BCUT2D eigenvalue weighted by Crippen LogP contribution is -2.16. The van der Waals surface area contributed by atoms with Gasteiger partial charge in [-0.3, -0.25) is 4.79 Å². The number of carbonyl (C=O) groups excluding carboxylic acids is 1. The summed E-state index contributed by atoms with van der Waals surface area (Å²) in [4.78, 5) is 11.5. The van der Waals surface area contributed by atoms with Gasteiger partial charge in [-0.25, -0.2) is 5.43 Å². The summed E-state index contributed by atoms with van der Waals surface area (Å²) in [5.41, 5.74) is 2.50. The molecule has 0 aliphatic carbocycles. The highest BCUT2D eigenvalue weighted by Gasteiger charge is 1.99. The van der Waals surface area contributed by atoms with Crippen LogP contribution in [0.25, 0.3) is 0 Å². The van der Waals surface area contributed by atoms with Crippen LogP contribution in [0.5, 0.6) is 0 Å². The minimum atomic E-state index is -0.0311. The second-order valence-electron chi connectivity index (χ2n) is 4.68. The quantitative estimate of drug-likeness (QED) is 0.396. The summed E-state index contributed by atoms with van der Waals surface area (Å²) in [6, 6.07) is 3.56. The molecule has 0 unspecified atom stereocenters. The molecule has 1 heterocycles. The minimum absolute atomic E-state index is 0.0311. The Bertz CT molecular complexity index is 358. The van der Waals surface area contributed by atoms with Gasteiger partial charge in [-0.15, -0.1) is 0 Å². The van der Waals surface area contributed by atoms with E-state index in [1.54, 1.807) is 18.4 Å². The Kier molecular flexibility index (Phi) is 8.43. The monoisotopic (exact) mass is 264 g/mol. The fraction of sp³-hybridized carbons (Fsp3) is 0.600. The Morgan fingerprint density at radius 1 is 1.26 bits per heavy atom. The zero-order valence-electron chi connectivity index (χ0n) is 11.7. The predicted octanol–water partition coefficient (Wildman–Crippen LogP) is 3.87. The average Bonchev–Trinajstić information content (AvgIpc) is 2.91. The fourth-order valence-electron chi connectivity index (χ4n) is 1.83. The third-order valence-electron chi connectivity index (χ3n) is 2.93. The van der Waals surface area contributed by atoms with E-state index in [-0.39, 0.29) is 5.91 Å². The third kappa shape index (κ3) is 8.19. The largest absolute Gasteiger partial charge is 0.463 e. The van der Waals surface area contributed by atoms with Crippen LogP contribution in [0.1, 0.15) is 64.1 Å². The summed E-state index contributed by atoms with van der Waals surface area (Å²) in [5.74, 6) is 0.604. The second kappa shape index (κ2) is 10.4. The van der Waals surface area contributed by atoms with Gasteiger partial charge in [0.2, 0.25) is 5.91 Å². The van der Waals surface area contributed by atoms with E-state index in [4.69, 9.17) is 4.42 Å². The first kappa shape index (κ1) is 15.5. The number of carbonyl (C=O) groups is 1. The number of amides is 1. The van der Waals surface area contributed by atoms with Crippen molar-refractivity contribution >= 4 is 12.1 Å². The normalized spacial score (nSPS) is 11.0. The summed E-state index contributed by atoms with van der Waals surface area (Å²) in [6.45, 7) is 2.22. The molecule has 1 aromatic rings. The van der Waals surface area contributed by atoms with Gasteiger partial charge in [0.1, 0.15) is 5.76 Å². The molecule has 0 aliphatic rings. The van der Waals surface area contributed by atoms with Crippen LogP contribution >= 0.6 is 0 Å². The molecule has 1 amide bonds. The summed E-state index contributed by atoms with van der Waals surface area (Å²) in [5, 5.41) is 3.83. The van der Waals surface area contributed by atoms with Crippen LogP contribution in [-0.2, 0) is 4.79 Å². The zero-order valence-corrected chi connectivity index (χ0v) is 11.7. The highest BCUT2D eigenvalue weighted by molar-refractivity contribution is 5.80. The molecule has 0 bridgehead atoms. The fourth-order valence-corrected chi connectivity index (χ4v) is 1.83. The van der Waals surface area contributed by atoms with Gasteiger partial charge >= 0.3 is 0 Å². The van der Waals surface area contributed by atoms with Crippen molar-refractivity contribution in [2.75, 3.05) is 0 Å². The van der Waals surface area contributed by atoms with Gasteiger partial charge < -0.3 is 4.42 Å². The van der Waals surface area contributed by atoms with Crippen molar-refractivity contribution in [3.8, 4) is 0 Å². The van der Waals surface area contributed by atoms with Gasteiger partial charge in [0.15, 0.2) is 0 Å². The molecule has 0 radical (unpaired) electrons. The lowest BCUT2D eigenvalue weighted by Gasteiger charge is -2.01. The van der Waals surface area contributed by atoms with Crippen molar-refractivity contribution < 1.29 is 9.21 Å². The van der Waals surface area contributed by atoms with Crippen molar-refractivity contribution in [1.82, 2.24) is 5.43 Å². The molecule has 0 saturated carbocycles. The maximum absolute atomic E-state index is 11.5. The molecular formula is C15H24N2O2. The zero-order chi connectivity index (χ0) is 13.8. The lowest BCUT2D eigenvalue weighted by atomic mass is 10.1. The van der Waals surface area contributed by atoms with E-state index in [1.807, 2.05) is 0 Å². The van der Waals surface area contributed by atoms with E-state index in [0.717, 1.165) is 12.8 Å². The third-order valence-corrected chi connectivity index (χ3v) is 2.93. The smallest absolute Gasteiger partial charge is 0.240 e. The molecule has 1 N–H and O–H groups in total. The van der Waals surface area contributed by atoms with Gasteiger partial charge in [-0.1, -0.05) is 45.4 Å². The highest BCUT2D eigenvalue weighted by atomic mass is 16.3. The molecule has 106 valence electrons. The maximum Gasteiger partial charge on any atom is 0.240 e. The van der Waals surface area contributed by atoms with Crippen LogP contribution in [0.4, 0.5) is 0 Å². The summed E-state index contributed by atoms with van der Waals surface area (Å²) in [7, 11) is 0. The van der Waals surface area contributed by atoms with Crippen LogP contribution < -0.4 is 5.43 Å². The van der Waals surface area contributed by atoms with Crippen LogP contribution in [0.2, 0.25) is 0 Å². The van der Waals surface area contributed by atoms with Gasteiger partial charge in [-0.05, 0) is 18.6 Å². The van der Waals surface area contributed by atoms with E-state index in [2.05, 4.69) is 17.5 Å². The van der Waals surface area contributed by atoms with Crippen molar-refractivity contribution in [3.05, 3.63) is 24.2 Å². The molecule has 19 heavy (non-hydrogen) atoms. The first-order valence-corrected chi connectivity index (χ1v) is 7.18. The Morgan fingerprint density at radius 3 is 2.68 bits per heavy atom. The van der Waals surface area contributed by atoms with Crippen LogP contribution in [0.3, 0.4) is 0 Å². The number of hydrogen-bond acceptors (Lipinski definition) is 3. The topological polar surface area (TPSA) is 54.6 Å². The van der Waals surface area contributed by atoms with Gasteiger partial charge in [0.05, 0.1) is 12.5 Å². The molecule has 0 aromatic carbocycles. The molecule has 0 atom stereocenters. The lowest BCUT2D eigenvalue weighted by molar-refractivity contribution is -0.121. The van der Waals surface area contributed by atoms with Crippen molar-refractivity contribution in [1.29, 1.82) is 0 Å². The Labute approximate surface area is 115 Å². The van der Waals surface area contributed by atoms with Crippen LogP contribution in [0, 0.1) is 0 Å². The number of rotatable bonds is 10. The van der Waals surface area contributed by atoms with E-state index in [1.165, 1.54) is 38.3 Å². The second-order valence-corrected chi connectivity index (χ2v) is 4.68. The standard InChI is InChI=1S/C15H24N2O2/c1-2-3-4-5-6-7-8-11-15(18)17-16-13-14-10-9-12-19-14/h9-10,12-13H,2-8,11H2,1H3,(H,17,18)/b16-13-. The first-order chi connectivity index (χ1) is 9.33. The molecule has 0 fully saturated rings. The molecule has 0 aliphatic heterocycles. The van der Waals surface area contributed by atoms with Crippen molar-refractivity contribution in [3.63, 3.8) is 0 Å². The molecule has 0 spiro atoms. The molecule has 4 heteroatoms. The Morgan fingerprint density at radius 2 is 2.00 bits per heavy atom. The first-order valence-electron chi connectivity index (χ1n) is 7.18. The minimum Gasteiger partial charge on any atom is -0.463 e. The Balaban J connectivity index is 1.96. The van der Waals surface area contributed by atoms with E-state index < -0.39 is 0 Å². The number of furan rings is 1. The van der Waals surface area contributed by atoms with Crippen LogP contribution in [-0.4, -0.2) is 12.1 Å². The SMILES string of the molecule is CCCCCCCCCC(=O)N/N=C\c1ccco1. The molecular weight excluding hydrogens is 240 g/mol. The number of hydrogen-bond donors (Lipinski definition) is 1. The molecule has 1 rings (SSSR count). The number of unbranched alkanes of at least 4 members (excludes halogenated alkanes) is 6. The predicted molar refractivity (Wildman–Crippen MR) is 77.1 cm³/mol. The van der Waals surface area contributed by atoms with E-state index >= 15 is 0 Å². The van der Waals surface area contributed by atoms with Crippen LogP contribution in [0.15, 0.2) is 27.9 Å². The number of nitrogens with one attached hydrogen (secondary N) is 1. The summed E-state index contributed by atoms with van der Waals surface area (Å²) in [6.07, 6.45) is 12.1. The van der Waals surface area contributed by atoms with Gasteiger partial charge in [0.25, 0.3) is 0 Å². The van der Waals surface area contributed by atoms with Crippen molar-refractivity contribution in [2.24, 2.45) is 5.10 Å².